The van der Waals surface area contributed by atoms with Crippen molar-refractivity contribution in [3.05, 3.63) is 30.1 Å². The number of benzene rings is 1. The van der Waals surface area contributed by atoms with Gasteiger partial charge in [0.2, 0.25) is 0 Å². The lowest BCUT2D eigenvalue weighted by Gasteiger charge is -2.28. The Balaban J connectivity index is 2.85. The number of rotatable bonds is 5. The van der Waals surface area contributed by atoms with Gasteiger partial charge in [-0.05, 0) is 38.5 Å². The first-order valence-corrected chi connectivity index (χ1v) is 5.73. The van der Waals surface area contributed by atoms with Gasteiger partial charge in [0.1, 0.15) is 11.4 Å². The molecule has 1 rings (SSSR count). The number of ether oxygens (including phenoxy) is 1. The fraction of sp³-hybridized carbons (Fsp3) is 0.462. The van der Waals surface area contributed by atoms with Crippen molar-refractivity contribution < 1.29 is 13.9 Å². The Morgan fingerprint density at radius 2 is 2.18 bits per heavy atom. The molecular formula is C13H18FNO2. The van der Waals surface area contributed by atoms with Gasteiger partial charge in [-0.15, -0.1) is 0 Å². The topological polar surface area (TPSA) is 38.3 Å². The second-order valence-corrected chi connectivity index (χ2v) is 4.04. The summed E-state index contributed by atoms with van der Waals surface area (Å²) in [6.45, 7) is 5.72. The highest BCUT2D eigenvalue weighted by molar-refractivity contribution is 5.84. The highest BCUT2D eigenvalue weighted by Gasteiger charge is 2.32. The van der Waals surface area contributed by atoms with E-state index in [2.05, 4.69) is 5.32 Å². The van der Waals surface area contributed by atoms with Gasteiger partial charge in [-0.25, -0.2) is 9.18 Å². The zero-order valence-corrected chi connectivity index (χ0v) is 10.4. The van der Waals surface area contributed by atoms with Gasteiger partial charge in [0.05, 0.1) is 6.61 Å². The summed E-state index contributed by atoms with van der Waals surface area (Å²) in [7, 11) is 0. The SMILES string of the molecule is CCOC(=O)C(C)(CC)Nc1cccc(F)c1. The van der Waals surface area contributed by atoms with E-state index in [0.717, 1.165) is 0 Å². The number of halogens is 1. The summed E-state index contributed by atoms with van der Waals surface area (Å²) in [5, 5.41) is 3.02. The number of carbonyl (C=O) groups is 1. The third-order valence-electron chi connectivity index (χ3n) is 2.68. The average Bonchev–Trinajstić information content (AvgIpc) is 2.29. The maximum absolute atomic E-state index is 13.0. The number of esters is 1. The number of anilines is 1. The maximum atomic E-state index is 13.0. The van der Waals surface area contributed by atoms with Crippen LogP contribution in [0.2, 0.25) is 0 Å². The maximum Gasteiger partial charge on any atom is 0.331 e. The van der Waals surface area contributed by atoms with Crippen molar-refractivity contribution in [2.75, 3.05) is 11.9 Å². The van der Waals surface area contributed by atoms with E-state index in [0.29, 0.717) is 18.7 Å². The minimum atomic E-state index is -0.830. The van der Waals surface area contributed by atoms with Crippen LogP contribution in [0.15, 0.2) is 24.3 Å². The van der Waals surface area contributed by atoms with Gasteiger partial charge in [0, 0.05) is 5.69 Å². The molecule has 0 aliphatic rings. The molecular weight excluding hydrogens is 221 g/mol. The molecule has 94 valence electrons. The van der Waals surface area contributed by atoms with Gasteiger partial charge in [-0.3, -0.25) is 0 Å². The van der Waals surface area contributed by atoms with Crippen LogP contribution in [-0.4, -0.2) is 18.1 Å². The monoisotopic (exact) mass is 239 g/mol. The third kappa shape index (κ3) is 3.44. The molecule has 17 heavy (non-hydrogen) atoms. The Morgan fingerprint density at radius 1 is 1.47 bits per heavy atom. The van der Waals surface area contributed by atoms with Crippen LogP contribution in [-0.2, 0) is 9.53 Å². The lowest BCUT2D eigenvalue weighted by Crippen LogP contribution is -2.44. The first-order chi connectivity index (χ1) is 8.01. The van der Waals surface area contributed by atoms with E-state index in [4.69, 9.17) is 4.74 Å². The molecule has 1 aromatic carbocycles. The zero-order valence-electron chi connectivity index (χ0n) is 10.4. The third-order valence-corrected chi connectivity index (χ3v) is 2.68. The van der Waals surface area contributed by atoms with Crippen molar-refractivity contribution in [2.24, 2.45) is 0 Å². The molecule has 0 saturated heterocycles. The summed E-state index contributed by atoms with van der Waals surface area (Å²) in [5.74, 6) is -0.663. The Morgan fingerprint density at radius 3 is 2.71 bits per heavy atom. The van der Waals surface area contributed by atoms with Crippen molar-refractivity contribution >= 4 is 11.7 Å². The lowest BCUT2D eigenvalue weighted by molar-refractivity contribution is -0.148. The minimum Gasteiger partial charge on any atom is -0.464 e. The van der Waals surface area contributed by atoms with Gasteiger partial charge in [0.15, 0.2) is 0 Å². The van der Waals surface area contributed by atoms with Crippen molar-refractivity contribution in [3.8, 4) is 0 Å². The first-order valence-electron chi connectivity index (χ1n) is 5.73. The van der Waals surface area contributed by atoms with Crippen LogP contribution in [0.3, 0.4) is 0 Å². The van der Waals surface area contributed by atoms with Gasteiger partial charge in [-0.2, -0.15) is 0 Å². The van der Waals surface area contributed by atoms with Crippen LogP contribution in [0.5, 0.6) is 0 Å². The van der Waals surface area contributed by atoms with E-state index in [-0.39, 0.29) is 11.8 Å². The molecule has 0 spiro atoms. The molecule has 0 bridgehead atoms. The van der Waals surface area contributed by atoms with Gasteiger partial charge >= 0.3 is 5.97 Å². The molecule has 1 aromatic rings. The molecule has 0 radical (unpaired) electrons. The summed E-state index contributed by atoms with van der Waals surface area (Å²) in [6, 6.07) is 6.03. The van der Waals surface area contributed by atoms with Crippen LogP contribution < -0.4 is 5.32 Å². The molecule has 0 heterocycles. The predicted molar refractivity (Wildman–Crippen MR) is 65.4 cm³/mol. The Bertz CT molecular complexity index is 395. The van der Waals surface area contributed by atoms with Crippen LogP contribution in [0.4, 0.5) is 10.1 Å². The highest BCUT2D eigenvalue weighted by atomic mass is 19.1. The smallest absolute Gasteiger partial charge is 0.331 e. The number of nitrogens with one attached hydrogen (secondary N) is 1. The predicted octanol–water partition coefficient (Wildman–Crippen LogP) is 2.97. The number of hydrogen-bond donors (Lipinski definition) is 1. The Labute approximate surface area is 101 Å². The molecule has 1 unspecified atom stereocenters. The van der Waals surface area contributed by atoms with Crippen molar-refractivity contribution in [1.82, 2.24) is 0 Å². The van der Waals surface area contributed by atoms with E-state index >= 15 is 0 Å². The van der Waals surface area contributed by atoms with Crippen molar-refractivity contribution in [3.63, 3.8) is 0 Å². The quantitative estimate of drug-likeness (QED) is 0.803. The molecule has 3 nitrogen and oxygen atoms in total. The van der Waals surface area contributed by atoms with Crippen LogP contribution >= 0.6 is 0 Å². The summed E-state index contributed by atoms with van der Waals surface area (Å²) in [5.41, 5.74) is -0.258. The van der Waals surface area contributed by atoms with Crippen LogP contribution in [0.25, 0.3) is 0 Å². The largest absolute Gasteiger partial charge is 0.464 e. The molecule has 4 heteroatoms. The van der Waals surface area contributed by atoms with Crippen molar-refractivity contribution in [1.29, 1.82) is 0 Å². The van der Waals surface area contributed by atoms with E-state index in [1.54, 1.807) is 26.0 Å². The molecule has 0 saturated carbocycles. The number of carbonyl (C=O) groups excluding carboxylic acids is 1. The summed E-state index contributed by atoms with van der Waals surface area (Å²) >= 11 is 0. The lowest BCUT2D eigenvalue weighted by atomic mass is 9.98. The molecule has 0 aliphatic heterocycles. The van der Waals surface area contributed by atoms with Crippen LogP contribution in [0.1, 0.15) is 27.2 Å². The minimum absolute atomic E-state index is 0.327. The molecule has 1 N–H and O–H groups in total. The summed E-state index contributed by atoms with van der Waals surface area (Å²) < 4.78 is 18.0. The van der Waals surface area contributed by atoms with E-state index in [9.17, 15) is 9.18 Å². The second kappa shape index (κ2) is 5.66. The fourth-order valence-corrected chi connectivity index (χ4v) is 1.46. The van der Waals surface area contributed by atoms with E-state index in [1.807, 2.05) is 6.92 Å². The summed E-state index contributed by atoms with van der Waals surface area (Å²) in [6.07, 6.45) is 0.558. The Hall–Kier alpha value is -1.58. The fourth-order valence-electron chi connectivity index (χ4n) is 1.46. The highest BCUT2D eigenvalue weighted by Crippen LogP contribution is 2.20. The summed E-state index contributed by atoms with van der Waals surface area (Å²) in [4.78, 5) is 11.8. The molecule has 0 fully saturated rings. The van der Waals surface area contributed by atoms with Crippen LogP contribution in [0, 0.1) is 5.82 Å². The normalized spacial score (nSPS) is 13.9. The standard InChI is InChI=1S/C13H18FNO2/c1-4-13(3,12(16)17-5-2)15-11-8-6-7-10(14)9-11/h6-9,15H,4-5H2,1-3H3. The van der Waals surface area contributed by atoms with Crippen molar-refractivity contribution in [2.45, 2.75) is 32.7 Å². The molecule has 0 amide bonds. The average molecular weight is 239 g/mol. The van der Waals surface area contributed by atoms with Gasteiger partial charge in [-0.1, -0.05) is 13.0 Å². The molecule has 0 aliphatic carbocycles. The van der Waals surface area contributed by atoms with Gasteiger partial charge < -0.3 is 10.1 Å². The van der Waals surface area contributed by atoms with Gasteiger partial charge in [0.25, 0.3) is 0 Å². The first kappa shape index (κ1) is 13.5. The van der Waals surface area contributed by atoms with E-state index in [1.165, 1.54) is 12.1 Å². The second-order valence-electron chi connectivity index (χ2n) is 4.04. The number of hydrogen-bond acceptors (Lipinski definition) is 3. The molecule has 1 atom stereocenters. The zero-order chi connectivity index (χ0) is 12.9. The van der Waals surface area contributed by atoms with E-state index < -0.39 is 5.54 Å². The Kier molecular flexibility index (Phi) is 4.49. The molecule has 0 aromatic heterocycles.